The molecule has 0 aromatic carbocycles. The molecule has 0 spiro atoms. The molecule has 0 aliphatic carbocycles. The quantitative estimate of drug-likeness (QED) is 0.862. The number of carboxylic acid groups (broad SMARTS) is 1. The molecule has 3 heterocycles. The van der Waals surface area contributed by atoms with Crippen molar-refractivity contribution in [1.29, 1.82) is 0 Å². The maximum atomic E-state index is 12.5. The van der Waals surface area contributed by atoms with E-state index in [9.17, 15) is 14.7 Å². The number of carbonyl (C=O) groups is 2. The van der Waals surface area contributed by atoms with Crippen molar-refractivity contribution in [3.63, 3.8) is 0 Å². The monoisotopic (exact) mass is 264 g/mol. The van der Waals surface area contributed by atoms with Crippen molar-refractivity contribution in [3.05, 3.63) is 17.5 Å². The molecule has 6 heteroatoms. The Kier molecular flexibility index (Phi) is 2.70. The molecule has 0 saturated carbocycles. The maximum absolute atomic E-state index is 12.5. The van der Waals surface area contributed by atoms with Crippen LogP contribution in [0.3, 0.4) is 0 Å². The highest BCUT2D eigenvalue weighted by Gasteiger charge is 2.56. The smallest absolute Gasteiger partial charge is 0.310 e. The molecule has 2 fully saturated rings. The molecule has 0 radical (unpaired) electrons. The van der Waals surface area contributed by atoms with E-state index in [4.69, 9.17) is 4.74 Å². The van der Waals surface area contributed by atoms with E-state index in [1.807, 2.05) is 13.0 Å². The molecule has 0 amide bonds. The van der Waals surface area contributed by atoms with Gasteiger partial charge in [-0.3, -0.25) is 9.59 Å². The normalized spacial score (nSPS) is 32.7. The third-order valence-electron chi connectivity index (χ3n) is 4.06. The van der Waals surface area contributed by atoms with Gasteiger partial charge < -0.3 is 9.84 Å². The van der Waals surface area contributed by atoms with Gasteiger partial charge in [0, 0.05) is 5.69 Å². The van der Waals surface area contributed by atoms with Crippen molar-refractivity contribution in [3.8, 4) is 0 Å². The van der Waals surface area contributed by atoms with Gasteiger partial charge >= 0.3 is 5.97 Å². The first-order chi connectivity index (χ1) is 8.99. The van der Waals surface area contributed by atoms with Crippen LogP contribution in [0.1, 0.15) is 29.0 Å². The lowest BCUT2D eigenvalue weighted by atomic mass is 9.79. The molecular weight excluding hydrogens is 248 g/mol. The average molecular weight is 264 g/mol. The Morgan fingerprint density at radius 1 is 1.32 bits per heavy atom. The van der Waals surface area contributed by atoms with Crippen LogP contribution in [-0.4, -0.2) is 39.0 Å². The molecule has 2 aliphatic rings. The summed E-state index contributed by atoms with van der Waals surface area (Å²) in [4.78, 5) is 23.9. The number of aliphatic carboxylic acids is 1. The lowest BCUT2D eigenvalue weighted by Crippen LogP contribution is -2.41. The van der Waals surface area contributed by atoms with Crippen molar-refractivity contribution < 1.29 is 19.4 Å². The Labute approximate surface area is 110 Å². The lowest BCUT2D eigenvalue weighted by molar-refractivity contribution is -0.144. The van der Waals surface area contributed by atoms with Crippen molar-refractivity contribution in [2.75, 3.05) is 0 Å². The molecule has 1 aromatic heterocycles. The van der Waals surface area contributed by atoms with Crippen molar-refractivity contribution >= 4 is 11.9 Å². The van der Waals surface area contributed by atoms with Crippen LogP contribution in [0.4, 0.5) is 0 Å². The van der Waals surface area contributed by atoms with Crippen LogP contribution in [0.15, 0.2) is 6.07 Å². The van der Waals surface area contributed by atoms with E-state index in [-0.39, 0.29) is 18.1 Å². The molecule has 2 aliphatic heterocycles. The van der Waals surface area contributed by atoms with Gasteiger partial charge in [-0.2, -0.15) is 5.10 Å². The molecule has 2 saturated heterocycles. The Balaban J connectivity index is 1.94. The fraction of sp³-hybridized carbons (Fsp3) is 0.615. The zero-order valence-electron chi connectivity index (χ0n) is 10.9. The number of aryl methyl sites for hydroxylation is 2. The van der Waals surface area contributed by atoms with Gasteiger partial charge in [0.25, 0.3) is 5.91 Å². The molecular formula is C13H16N2O4. The number of aromatic nitrogens is 2. The SMILES string of the molecule is Cc1cc(C)n(C(=O)C2C3CCC(O3)C2C(=O)O)n1. The summed E-state index contributed by atoms with van der Waals surface area (Å²) in [6.07, 6.45) is 0.878. The van der Waals surface area contributed by atoms with Crippen LogP contribution in [0.25, 0.3) is 0 Å². The summed E-state index contributed by atoms with van der Waals surface area (Å²) in [5.41, 5.74) is 1.48. The van der Waals surface area contributed by atoms with Gasteiger partial charge in [-0.1, -0.05) is 0 Å². The van der Waals surface area contributed by atoms with Gasteiger partial charge in [0.15, 0.2) is 0 Å². The third kappa shape index (κ3) is 1.78. The fourth-order valence-corrected chi connectivity index (χ4v) is 3.30. The first-order valence-corrected chi connectivity index (χ1v) is 6.45. The number of rotatable bonds is 2. The number of hydrogen-bond acceptors (Lipinski definition) is 4. The molecule has 4 unspecified atom stereocenters. The van der Waals surface area contributed by atoms with E-state index in [1.165, 1.54) is 4.68 Å². The summed E-state index contributed by atoms with van der Waals surface area (Å²) in [5, 5.41) is 13.5. The zero-order chi connectivity index (χ0) is 13.7. The van der Waals surface area contributed by atoms with Gasteiger partial charge in [-0.15, -0.1) is 0 Å². The van der Waals surface area contributed by atoms with Gasteiger partial charge in [-0.05, 0) is 32.8 Å². The summed E-state index contributed by atoms with van der Waals surface area (Å²) < 4.78 is 6.92. The predicted octanol–water partition coefficient (Wildman–Crippen LogP) is 1.02. The van der Waals surface area contributed by atoms with Crippen molar-refractivity contribution in [2.45, 2.75) is 38.9 Å². The Morgan fingerprint density at radius 3 is 2.47 bits per heavy atom. The maximum Gasteiger partial charge on any atom is 0.310 e. The second-order valence-electron chi connectivity index (χ2n) is 5.36. The van der Waals surface area contributed by atoms with Gasteiger partial charge in [0.1, 0.15) is 0 Å². The van der Waals surface area contributed by atoms with Crippen LogP contribution in [0.5, 0.6) is 0 Å². The molecule has 6 nitrogen and oxygen atoms in total. The van der Waals surface area contributed by atoms with E-state index in [2.05, 4.69) is 5.10 Å². The van der Waals surface area contributed by atoms with E-state index >= 15 is 0 Å². The molecule has 2 bridgehead atoms. The fourth-order valence-electron chi connectivity index (χ4n) is 3.30. The topological polar surface area (TPSA) is 81.4 Å². The zero-order valence-corrected chi connectivity index (χ0v) is 10.9. The standard InChI is InChI=1S/C13H16N2O4/c1-6-5-7(2)15(14-6)12(16)10-8-3-4-9(19-8)11(10)13(17)18/h5,8-11H,3-4H2,1-2H3,(H,17,18). The summed E-state index contributed by atoms with van der Waals surface area (Å²) in [5.74, 6) is -2.57. The number of hydrogen-bond donors (Lipinski definition) is 1. The molecule has 1 aromatic rings. The Bertz CT molecular complexity index is 551. The van der Waals surface area contributed by atoms with Crippen LogP contribution >= 0.6 is 0 Å². The first-order valence-electron chi connectivity index (χ1n) is 6.45. The number of ether oxygens (including phenoxy) is 1. The van der Waals surface area contributed by atoms with Crippen LogP contribution in [0, 0.1) is 25.7 Å². The average Bonchev–Trinajstić information content (AvgIpc) is 3.01. The second kappa shape index (κ2) is 4.16. The van der Waals surface area contributed by atoms with Crippen molar-refractivity contribution in [1.82, 2.24) is 9.78 Å². The molecule has 1 N–H and O–H groups in total. The summed E-state index contributed by atoms with van der Waals surface area (Å²) in [6.45, 7) is 3.60. The third-order valence-corrected chi connectivity index (χ3v) is 4.06. The Hall–Kier alpha value is -1.69. The highest BCUT2D eigenvalue weighted by atomic mass is 16.5. The van der Waals surface area contributed by atoms with E-state index in [0.717, 1.165) is 24.2 Å². The molecule has 102 valence electrons. The number of nitrogens with zero attached hydrogens (tertiary/aromatic N) is 2. The van der Waals surface area contributed by atoms with Gasteiger partial charge in [0.2, 0.25) is 0 Å². The number of fused-ring (bicyclic) bond motifs is 2. The first kappa shape index (κ1) is 12.3. The Morgan fingerprint density at radius 2 is 1.95 bits per heavy atom. The minimum absolute atomic E-state index is 0.259. The highest BCUT2D eigenvalue weighted by molar-refractivity contribution is 5.88. The van der Waals surface area contributed by atoms with Crippen LogP contribution < -0.4 is 0 Å². The number of carboxylic acids is 1. The molecule has 19 heavy (non-hydrogen) atoms. The summed E-state index contributed by atoms with van der Waals surface area (Å²) >= 11 is 0. The van der Waals surface area contributed by atoms with E-state index < -0.39 is 17.8 Å². The van der Waals surface area contributed by atoms with Gasteiger partial charge in [0.05, 0.1) is 29.7 Å². The lowest BCUT2D eigenvalue weighted by Gasteiger charge is -2.23. The predicted molar refractivity (Wildman–Crippen MR) is 64.8 cm³/mol. The van der Waals surface area contributed by atoms with E-state index in [1.54, 1.807) is 6.92 Å². The summed E-state index contributed by atoms with van der Waals surface area (Å²) in [6, 6.07) is 1.81. The summed E-state index contributed by atoms with van der Waals surface area (Å²) in [7, 11) is 0. The molecule has 3 rings (SSSR count). The minimum atomic E-state index is -0.952. The van der Waals surface area contributed by atoms with Crippen molar-refractivity contribution in [2.24, 2.45) is 11.8 Å². The van der Waals surface area contributed by atoms with Crippen LogP contribution in [0.2, 0.25) is 0 Å². The minimum Gasteiger partial charge on any atom is -0.481 e. The largest absolute Gasteiger partial charge is 0.481 e. The van der Waals surface area contributed by atoms with Crippen LogP contribution in [-0.2, 0) is 9.53 Å². The second-order valence-corrected chi connectivity index (χ2v) is 5.36. The molecule has 4 atom stereocenters. The number of carbonyl (C=O) groups excluding carboxylic acids is 1. The van der Waals surface area contributed by atoms with Gasteiger partial charge in [-0.25, -0.2) is 4.68 Å². The van der Waals surface area contributed by atoms with E-state index in [0.29, 0.717) is 0 Å². The highest BCUT2D eigenvalue weighted by Crippen LogP contribution is 2.44.